The Kier molecular flexibility index (Phi) is 3.67. The Balaban J connectivity index is 2.51. The molecule has 0 bridgehead atoms. The van der Waals surface area contributed by atoms with Gasteiger partial charge in [-0.1, -0.05) is 36.4 Å². The van der Waals surface area contributed by atoms with Crippen LogP contribution in [0.3, 0.4) is 0 Å². The molecule has 0 spiro atoms. The van der Waals surface area contributed by atoms with Gasteiger partial charge in [0.25, 0.3) is 0 Å². The minimum atomic E-state index is -0.638. The van der Waals surface area contributed by atoms with Gasteiger partial charge in [0.1, 0.15) is 0 Å². The van der Waals surface area contributed by atoms with E-state index in [9.17, 15) is 4.79 Å². The summed E-state index contributed by atoms with van der Waals surface area (Å²) in [6.45, 7) is 0. The maximum Gasteiger partial charge on any atom is 0.344 e. The van der Waals surface area contributed by atoms with Crippen molar-refractivity contribution in [2.24, 2.45) is 10.1 Å². The molecule has 2 amide bonds. The number of nitrogens with two attached hydrogens (primary N) is 1. The van der Waals surface area contributed by atoms with E-state index in [-0.39, 0.29) is 0 Å². The Morgan fingerprint density at radius 2 is 1.29 bits per heavy atom. The topological polar surface area (TPSA) is 55.5 Å². The molecule has 0 heterocycles. The van der Waals surface area contributed by atoms with E-state index in [1.165, 1.54) is 0 Å². The second-order valence-electron chi connectivity index (χ2n) is 3.34. The van der Waals surface area contributed by atoms with Crippen molar-refractivity contribution < 1.29 is 4.79 Å². The molecule has 0 aromatic heterocycles. The molecule has 3 nitrogen and oxygen atoms in total. The van der Waals surface area contributed by atoms with E-state index in [4.69, 9.17) is 5.73 Å². The molecule has 2 N–H and O–H groups in total. The lowest BCUT2D eigenvalue weighted by molar-refractivity contribution is 0.257. The number of carbonyl (C=O) groups is 1. The minimum absolute atomic E-state index is 0.631. The maximum atomic E-state index is 11.0. The van der Waals surface area contributed by atoms with Crippen LogP contribution in [0, 0.1) is 0 Å². The molecule has 86 valence electrons. The Bertz CT molecular complexity index is 496. The maximum absolute atomic E-state index is 11.0. The highest BCUT2D eigenvalue weighted by molar-refractivity contribution is 7.87. The number of primary amides is 1. The van der Waals surface area contributed by atoms with Crippen LogP contribution in [0.15, 0.2) is 74.8 Å². The van der Waals surface area contributed by atoms with Crippen LogP contribution in [0.25, 0.3) is 0 Å². The van der Waals surface area contributed by atoms with Crippen LogP contribution in [0.1, 0.15) is 0 Å². The Labute approximate surface area is 102 Å². The number of rotatable bonds is 2. The van der Waals surface area contributed by atoms with Gasteiger partial charge in [-0.2, -0.15) is 4.36 Å². The molecule has 0 atom stereocenters. The van der Waals surface area contributed by atoms with Gasteiger partial charge in [-0.3, -0.25) is 0 Å². The second-order valence-corrected chi connectivity index (χ2v) is 5.03. The van der Waals surface area contributed by atoms with E-state index in [2.05, 4.69) is 4.36 Å². The summed E-state index contributed by atoms with van der Waals surface area (Å²) in [5.74, 6) is 0. The predicted molar refractivity (Wildman–Crippen MR) is 68.8 cm³/mol. The van der Waals surface area contributed by atoms with E-state index in [0.29, 0.717) is 0 Å². The SMILES string of the molecule is NC(=O)N=S(c1ccccc1)c1ccccc1. The molecule has 0 saturated carbocycles. The number of hydrogen-bond acceptors (Lipinski definition) is 1. The summed E-state index contributed by atoms with van der Waals surface area (Å²) in [5, 5.41) is 0. The Morgan fingerprint density at radius 1 is 0.882 bits per heavy atom. The summed E-state index contributed by atoms with van der Waals surface area (Å²) < 4.78 is 3.98. The molecular formula is C13H12N2OS. The highest BCUT2D eigenvalue weighted by atomic mass is 32.2. The van der Waals surface area contributed by atoms with E-state index in [1.807, 2.05) is 60.7 Å². The van der Waals surface area contributed by atoms with Crippen molar-refractivity contribution in [1.29, 1.82) is 0 Å². The van der Waals surface area contributed by atoms with Gasteiger partial charge in [-0.25, -0.2) is 4.79 Å². The van der Waals surface area contributed by atoms with Gasteiger partial charge in [0, 0.05) is 9.79 Å². The first kappa shape index (κ1) is 11.5. The largest absolute Gasteiger partial charge is 0.349 e. The van der Waals surface area contributed by atoms with E-state index >= 15 is 0 Å². The summed E-state index contributed by atoms with van der Waals surface area (Å²) in [4.78, 5) is 13.0. The lowest BCUT2D eigenvalue weighted by Gasteiger charge is -2.07. The zero-order valence-electron chi connectivity index (χ0n) is 9.11. The first-order valence-electron chi connectivity index (χ1n) is 5.13. The number of carbonyl (C=O) groups excluding carboxylic acids is 1. The average Bonchev–Trinajstić information content (AvgIpc) is 2.38. The van der Waals surface area contributed by atoms with E-state index in [0.717, 1.165) is 9.79 Å². The molecule has 0 aliphatic carbocycles. The van der Waals surface area contributed by atoms with Crippen LogP contribution in [0.2, 0.25) is 0 Å². The van der Waals surface area contributed by atoms with Gasteiger partial charge in [-0.05, 0) is 35.0 Å². The van der Waals surface area contributed by atoms with Crippen molar-refractivity contribution in [2.45, 2.75) is 9.79 Å². The van der Waals surface area contributed by atoms with Crippen molar-refractivity contribution in [3.8, 4) is 0 Å². The fourth-order valence-corrected chi connectivity index (χ4v) is 2.92. The molecule has 2 aromatic carbocycles. The van der Waals surface area contributed by atoms with Gasteiger partial charge < -0.3 is 5.73 Å². The normalized spacial score (nSPS) is 10.2. The molecule has 0 aliphatic heterocycles. The zero-order valence-corrected chi connectivity index (χ0v) is 9.93. The predicted octanol–water partition coefficient (Wildman–Crippen LogP) is 2.99. The molecule has 17 heavy (non-hydrogen) atoms. The summed E-state index contributed by atoms with van der Waals surface area (Å²) in [6.07, 6.45) is 0. The van der Waals surface area contributed by atoms with Crippen LogP contribution in [-0.2, 0) is 10.7 Å². The molecule has 0 aliphatic rings. The van der Waals surface area contributed by atoms with Gasteiger partial charge in [0.15, 0.2) is 0 Å². The zero-order chi connectivity index (χ0) is 12.1. The van der Waals surface area contributed by atoms with Crippen LogP contribution in [0.4, 0.5) is 4.79 Å². The van der Waals surface area contributed by atoms with Crippen molar-refractivity contribution in [1.82, 2.24) is 0 Å². The smallest absolute Gasteiger partial charge is 0.344 e. The van der Waals surface area contributed by atoms with Crippen molar-refractivity contribution in [3.05, 3.63) is 60.7 Å². The first-order valence-corrected chi connectivity index (χ1v) is 6.31. The number of nitrogens with zero attached hydrogens (tertiary/aromatic N) is 1. The fraction of sp³-hybridized carbons (Fsp3) is 0. The van der Waals surface area contributed by atoms with Crippen molar-refractivity contribution >= 4 is 16.7 Å². The lowest BCUT2D eigenvalue weighted by atomic mass is 10.4. The second kappa shape index (κ2) is 5.41. The third-order valence-corrected chi connectivity index (χ3v) is 3.91. The summed E-state index contributed by atoms with van der Waals surface area (Å²) >= 11 is 0. The fourth-order valence-electron chi connectivity index (χ4n) is 1.43. The molecule has 0 fully saturated rings. The first-order chi connectivity index (χ1) is 8.27. The van der Waals surface area contributed by atoms with Crippen molar-refractivity contribution in [3.63, 3.8) is 0 Å². The highest BCUT2D eigenvalue weighted by Crippen LogP contribution is 2.18. The Morgan fingerprint density at radius 3 is 1.65 bits per heavy atom. The quantitative estimate of drug-likeness (QED) is 0.867. The van der Waals surface area contributed by atoms with E-state index < -0.39 is 16.7 Å². The molecule has 0 radical (unpaired) electrons. The van der Waals surface area contributed by atoms with Crippen LogP contribution < -0.4 is 5.73 Å². The van der Waals surface area contributed by atoms with Gasteiger partial charge in [-0.15, -0.1) is 0 Å². The number of urea groups is 1. The minimum Gasteiger partial charge on any atom is -0.349 e. The molecule has 2 rings (SSSR count). The summed E-state index contributed by atoms with van der Waals surface area (Å²) in [5.41, 5.74) is 5.17. The van der Waals surface area contributed by atoms with Crippen LogP contribution in [0.5, 0.6) is 0 Å². The molecule has 4 heteroatoms. The standard InChI is InChI=1S/C13H12N2OS/c14-13(16)15-17(11-7-3-1-4-8-11)12-9-5-2-6-10-12/h1-10H,(H2,14,16). The molecule has 2 aromatic rings. The molecular weight excluding hydrogens is 232 g/mol. The number of benzene rings is 2. The van der Waals surface area contributed by atoms with Gasteiger partial charge >= 0.3 is 6.03 Å². The third kappa shape index (κ3) is 3.01. The third-order valence-electron chi connectivity index (χ3n) is 2.11. The monoisotopic (exact) mass is 244 g/mol. The molecule has 0 saturated heterocycles. The van der Waals surface area contributed by atoms with E-state index in [1.54, 1.807) is 0 Å². The lowest BCUT2D eigenvalue weighted by Crippen LogP contribution is -2.06. The Hall–Kier alpha value is -1.94. The average molecular weight is 244 g/mol. The molecule has 0 unspecified atom stereocenters. The number of hydrogen-bond donors (Lipinski definition) is 1. The van der Waals surface area contributed by atoms with Gasteiger partial charge in [0.2, 0.25) is 0 Å². The summed E-state index contributed by atoms with van der Waals surface area (Å²) in [6, 6.07) is 18.7. The highest BCUT2D eigenvalue weighted by Gasteiger charge is 2.05. The summed E-state index contributed by atoms with van der Waals surface area (Å²) in [7, 11) is -0.631. The van der Waals surface area contributed by atoms with Gasteiger partial charge in [0.05, 0.1) is 0 Å². The number of amides is 2. The van der Waals surface area contributed by atoms with Crippen molar-refractivity contribution in [2.75, 3.05) is 0 Å². The van der Waals surface area contributed by atoms with Crippen LogP contribution >= 0.6 is 0 Å². The van der Waals surface area contributed by atoms with Crippen LogP contribution in [-0.4, -0.2) is 6.03 Å².